The third kappa shape index (κ3) is 3.41. The van der Waals surface area contributed by atoms with Crippen LogP contribution in [-0.2, 0) is 0 Å². The summed E-state index contributed by atoms with van der Waals surface area (Å²) in [7, 11) is 0. The average Bonchev–Trinajstić information content (AvgIpc) is 2.24. The first-order valence-corrected chi connectivity index (χ1v) is 6.37. The summed E-state index contributed by atoms with van der Waals surface area (Å²) in [5, 5.41) is 4.37. The highest BCUT2D eigenvalue weighted by molar-refractivity contribution is 6.42. The van der Waals surface area contributed by atoms with Gasteiger partial charge in [0.05, 0.1) is 10.0 Å². The number of hydrogen-bond acceptors (Lipinski definition) is 2. The number of hydrogen-bond donors (Lipinski definition) is 1. The third-order valence-corrected chi connectivity index (χ3v) is 3.71. The van der Waals surface area contributed by atoms with Gasteiger partial charge in [0.1, 0.15) is 11.0 Å². The molecule has 1 heterocycles. The topological polar surface area (TPSA) is 24.9 Å². The van der Waals surface area contributed by atoms with Gasteiger partial charge < -0.3 is 5.32 Å². The standard InChI is InChI=1S/C11H15Cl3N2/c1-4-6(2)7(3)15-11-9(13)5-8(12)10(14)16-11/h5-7H,4H2,1-3H3,(H,15,16). The van der Waals surface area contributed by atoms with Crippen molar-refractivity contribution in [2.45, 2.75) is 33.2 Å². The van der Waals surface area contributed by atoms with E-state index in [0.29, 0.717) is 21.8 Å². The molecular formula is C11H15Cl3N2. The predicted molar refractivity (Wildman–Crippen MR) is 71.8 cm³/mol. The number of pyridine rings is 1. The zero-order valence-corrected chi connectivity index (χ0v) is 11.8. The van der Waals surface area contributed by atoms with Crippen molar-refractivity contribution in [3.05, 3.63) is 21.3 Å². The zero-order valence-electron chi connectivity index (χ0n) is 9.52. The van der Waals surface area contributed by atoms with E-state index in [1.807, 2.05) is 0 Å². The van der Waals surface area contributed by atoms with Crippen molar-refractivity contribution < 1.29 is 0 Å². The summed E-state index contributed by atoms with van der Waals surface area (Å²) in [5.74, 6) is 1.12. The lowest BCUT2D eigenvalue weighted by Crippen LogP contribution is -2.24. The normalized spacial score (nSPS) is 14.6. The van der Waals surface area contributed by atoms with Crippen LogP contribution >= 0.6 is 34.8 Å². The highest BCUT2D eigenvalue weighted by Gasteiger charge is 2.14. The fourth-order valence-corrected chi connectivity index (χ4v) is 1.81. The third-order valence-electron chi connectivity index (χ3n) is 2.75. The maximum Gasteiger partial charge on any atom is 0.150 e. The van der Waals surface area contributed by atoms with Crippen molar-refractivity contribution in [3.63, 3.8) is 0 Å². The van der Waals surface area contributed by atoms with Crippen LogP contribution in [0.1, 0.15) is 27.2 Å². The second kappa shape index (κ2) is 5.95. The van der Waals surface area contributed by atoms with Gasteiger partial charge in [-0.2, -0.15) is 0 Å². The zero-order chi connectivity index (χ0) is 12.3. The lowest BCUT2D eigenvalue weighted by Gasteiger charge is -2.21. The number of nitrogens with one attached hydrogen (secondary N) is 1. The monoisotopic (exact) mass is 280 g/mol. The van der Waals surface area contributed by atoms with Crippen LogP contribution < -0.4 is 5.32 Å². The van der Waals surface area contributed by atoms with Gasteiger partial charge >= 0.3 is 0 Å². The minimum absolute atomic E-state index is 0.268. The minimum atomic E-state index is 0.268. The Morgan fingerprint density at radius 1 is 1.25 bits per heavy atom. The van der Waals surface area contributed by atoms with Gasteiger partial charge in [0.2, 0.25) is 0 Å². The van der Waals surface area contributed by atoms with Crippen LogP contribution in [0.3, 0.4) is 0 Å². The molecule has 2 nitrogen and oxygen atoms in total. The molecule has 1 rings (SSSR count). The van der Waals surface area contributed by atoms with E-state index in [1.165, 1.54) is 0 Å². The average molecular weight is 282 g/mol. The summed E-state index contributed by atoms with van der Waals surface area (Å²) in [6, 6.07) is 1.89. The van der Waals surface area contributed by atoms with Crippen LogP contribution in [0.25, 0.3) is 0 Å². The van der Waals surface area contributed by atoms with Gasteiger partial charge in [-0.15, -0.1) is 0 Å². The summed E-state index contributed by atoms with van der Waals surface area (Å²) >= 11 is 17.7. The van der Waals surface area contributed by atoms with Gasteiger partial charge in [-0.3, -0.25) is 0 Å². The maximum absolute atomic E-state index is 6.03. The summed E-state index contributed by atoms with van der Waals surface area (Å²) < 4.78 is 0. The Morgan fingerprint density at radius 2 is 1.88 bits per heavy atom. The molecule has 0 spiro atoms. The molecule has 1 aromatic heterocycles. The molecule has 5 heteroatoms. The number of anilines is 1. The van der Waals surface area contributed by atoms with Gasteiger partial charge in [-0.1, -0.05) is 55.1 Å². The molecule has 0 radical (unpaired) electrons. The van der Waals surface area contributed by atoms with Crippen LogP contribution in [-0.4, -0.2) is 11.0 Å². The molecule has 2 atom stereocenters. The molecule has 1 N–H and O–H groups in total. The largest absolute Gasteiger partial charge is 0.366 e. The van der Waals surface area contributed by atoms with E-state index in [9.17, 15) is 0 Å². The second-order valence-corrected chi connectivity index (χ2v) is 5.08. The molecule has 90 valence electrons. The van der Waals surface area contributed by atoms with Crippen molar-refractivity contribution in [3.8, 4) is 0 Å². The maximum atomic E-state index is 6.03. The van der Waals surface area contributed by atoms with Crippen LogP contribution in [0.15, 0.2) is 6.07 Å². The van der Waals surface area contributed by atoms with E-state index >= 15 is 0 Å². The van der Waals surface area contributed by atoms with E-state index in [4.69, 9.17) is 34.8 Å². The molecule has 0 aliphatic heterocycles. The highest BCUT2D eigenvalue weighted by Crippen LogP contribution is 2.29. The molecule has 0 amide bonds. The Bertz CT molecular complexity index is 368. The smallest absolute Gasteiger partial charge is 0.150 e. The van der Waals surface area contributed by atoms with Crippen LogP contribution in [0.4, 0.5) is 5.82 Å². The first-order chi connectivity index (χ1) is 7.45. The summed E-state index contributed by atoms with van der Waals surface area (Å²) in [6.07, 6.45) is 1.09. The van der Waals surface area contributed by atoms with Crippen LogP contribution in [0.5, 0.6) is 0 Å². The molecule has 1 aromatic rings. The number of nitrogens with zero attached hydrogens (tertiary/aromatic N) is 1. The number of rotatable bonds is 4. The van der Waals surface area contributed by atoms with E-state index < -0.39 is 0 Å². The number of aromatic nitrogens is 1. The lowest BCUT2D eigenvalue weighted by atomic mass is 10.0. The van der Waals surface area contributed by atoms with Crippen LogP contribution in [0.2, 0.25) is 15.2 Å². The highest BCUT2D eigenvalue weighted by atomic mass is 35.5. The molecule has 2 unspecified atom stereocenters. The van der Waals surface area contributed by atoms with Crippen molar-refractivity contribution in [1.82, 2.24) is 4.98 Å². The summed E-state index contributed by atoms with van der Waals surface area (Å²) in [5.41, 5.74) is 0. The Kier molecular flexibility index (Phi) is 5.16. The Morgan fingerprint density at radius 3 is 2.44 bits per heavy atom. The molecule has 0 bridgehead atoms. The second-order valence-electron chi connectivity index (χ2n) is 3.91. The molecule has 0 aromatic carbocycles. The van der Waals surface area contributed by atoms with Gasteiger partial charge in [0, 0.05) is 6.04 Å². The summed E-state index contributed by atoms with van der Waals surface area (Å²) in [4.78, 5) is 4.12. The van der Waals surface area contributed by atoms with E-state index in [0.717, 1.165) is 6.42 Å². The lowest BCUT2D eigenvalue weighted by molar-refractivity contribution is 0.493. The van der Waals surface area contributed by atoms with Crippen molar-refractivity contribution in [1.29, 1.82) is 0 Å². The molecule has 16 heavy (non-hydrogen) atoms. The van der Waals surface area contributed by atoms with E-state index in [2.05, 4.69) is 31.1 Å². The fraction of sp³-hybridized carbons (Fsp3) is 0.545. The molecule has 0 saturated carbocycles. The molecule has 0 aliphatic rings. The molecule has 0 saturated heterocycles. The minimum Gasteiger partial charge on any atom is -0.366 e. The summed E-state index contributed by atoms with van der Waals surface area (Å²) in [6.45, 7) is 6.41. The van der Waals surface area contributed by atoms with Crippen LogP contribution in [0, 0.1) is 5.92 Å². The first kappa shape index (κ1) is 13.9. The van der Waals surface area contributed by atoms with Gasteiger partial charge in [-0.25, -0.2) is 4.98 Å². The predicted octanol–water partition coefficient (Wildman–Crippen LogP) is 4.89. The SMILES string of the molecule is CCC(C)C(C)Nc1nc(Cl)c(Cl)cc1Cl. The Hall–Kier alpha value is -0.180. The molecule has 0 fully saturated rings. The molecular weight excluding hydrogens is 266 g/mol. The number of halogens is 3. The Labute approximate surface area is 111 Å². The first-order valence-electron chi connectivity index (χ1n) is 5.23. The Balaban J connectivity index is 2.85. The van der Waals surface area contributed by atoms with Gasteiger partial charge in [-0.05, 0) is 18.9 Å². The molecule has 0 aliphatic carbocycles. The van der Waals surface area contributed by atoms with Crippen molar-refractivity contribution in [2.75, 3.05) is 5.32 Å². The van der Waals surface area contributed by atoms with Gasteiger partial charge in [0.25, 0.3) is 0 Å². The van der Waals surface area contributed by atoms with Gasteiger partial charge in [0.15, 0.2) is 0 Å². The van der Waals surface area contributed by atoms with E-state index in [-0.39, 0.29) is 11.2 Å². The van der Waals surface area contributed by atoms with Crippen molar-refractivity contribution >= 4 is 40.6 Å². The van der Waals surface area contributed by atoms with E-state index in [1.54, 1.807) is 6.07 Å². The van der Waals surface area contributed by atoms with Crippen molar-refractivity contribution in [2.24, 2.45) is 5.92 Å². The fourth-order valence-electron chi connectivity index (χ4n) is 1.26. The quantitative estimate of drug-likeness (QED) is 0.795.